The van der Waals surface area contributed by atoms with Gasteiger partial charge in [-0.25, -0.2) is 4.68 Å². The first-order valence-electron chi connectivity index (χ1n) is 10.9. The lowest BCUT2D eigenvalue weighted by atomic mass is 10.1. The molecule has 0 aliphatic heterocycles. The molecule has 0 bridgehead atoms. The summed E-state index contributed by atoms with van der Waals surface area (Å²) in [4.78, 5) is 17.4. The van der Waals surface area contributed by atoms with Crippen LogP contribution in [0.4, 0.5) is 5.69 Å². The first kappa shape index (κ1) is 21.2. The van der Waals surface area contributed by atoms with E-state index in [9.17, 15) is 4.79 Å². The van der Waals surface area contributed by atoms with Crippen molar-refractivity contribution in [2.24, 2.45) is 0 Å². The predicted molar refractivity (Wildman–Crippen MR) is 132 cm³/mol. The number of ether oxygens (including phenoxy) is 1. The Bertz CT molecular complexity index is 1380. The van der Waals surface area contributed by atoms with Crippen LogP contribution in [0.3, 0.4) is 0 Å². The molecule has 6 heteroatoms. The number of carbonyl (C=O) groups excluding carboxylic acids is 1. The number of amides is 1. The minimum absolute atomic E-state index is 0.245. The number of para-hydroxylation sites is 1. The van der Waals surface area contributed by atoms with E-state index in [-0.39, 0.29) is 5.91 Å². The van der Waals surface area contributed by atoms with Crippen LogP contribution in [-0.4, -0.2) is 20.7 Å². The second-order valence-electron chi connectivity index (χ2n) is 7.67. The molecule has 2 aromatic heterocycles. The molecule has 2 heterocycles. The molecular formula is C28H22N4O2. The monoisotopic (exact) mass is 446 g/mol. The maximum absolute atomic E-state index is 13.3. The fourth-order valence-electron chi connectivity index (χ4n) is 3.57. The number of aromatic nitrogens is 3. The van der Waals surface area contributed by atoms with Crippen molar-refractivity contribution < 1.29 is 9.53 Å². The first-order chi connectivity index (χ1) is 16.8. The SMILES string of the molecule is O=C(Nc1cccc(OCc2cccnc2)c1)c1cn(-c2ccccc2)nc1-c1ccccc1. The third-order valence-electron chi connectivity index (χ3n) is 5.25. The van der Waals surface area contributed by atoms with Gasteiger partial charge in [0, 0.05) is 41.5 Å². The van der Waals surface area contributed by atoms with E-state index in [1.807, 2.05) is 91.0 Å². The molecule has 0 aliphatic rings. The Hall–Kier alpha value is -4.71. The molecular weight excluding hydrogens is 424 g/mol. The summed E-state index contributed by atoms with van der Waals surface area (Å²) in [6.45, 7) is 0.396. The second-order valence-corrected chi connectivity index (χ2v) is 7.67. The quantitative estimate of drug-likeness (QED) is 0.345. The minimum atomic E-state index is -0.245. The van der Waals surface area contributed by atoms with Crippen molar-refractivity contribution >= 4 is 11.6 Å². The maximum atomic E-state index is 13.3. The van der Waals surface area contributed by atoms with E-state index >= 15 is 0 Å². The van der Waals surface area contributed by atoms with Crippen LogP contribution < -0.4 is 10.1 Å². The van der Waals surface area contributed by atoms with Gasteiger partial charge < -0.3 is 10.1 Å². The van der Waals surface area contributed by atoms with Gasteiger partial charge in [-0.05, 0) is 30.3 Å². The van der Waals surface area contributed by atoms with Crippen LogP contribution in [0.1, 0.15) is 15.9 Å². The summed E-state index contributed by atoms with van der Waals surface area (Å²) in [5, 5.41) is 7.71. The Labute approximate surface area is 197 Å². The van der Waals surface area contributed by atoms with Gasteiger partial charge >= 0.3 is 0 Å². The van der Waals surface area contributed by atoms with Gasteiger partial charge in [0.2, 0.25) is 0 Å². The van der Waals surface area contributed by atoms with Gasteiger partial charge in [-0.2, -0.15) is 5.10 Å². The summed E-state index contributed by atoms with van der Waals surface area (Å²) in [6, 6.07) is 30.6. The van der Waals surface area contributed by atoms with Crippen LogP contribution in [-0.2, 0) is 6.61 Å². The van der Waals surface area contributed by atoms with Crippen molar-refractivity contribution in [2.45, 2.75) is 6.61 Å². The predicted octanol–water partition coefficient (Wildman–Crippen LogP) is 5.77. The van der Waals surface area contributed by atoms with Gasteiger partial charge in [0.05, 0.1) is 11.3 Å². The normalized spacial score (nSPS) is 10.6. The summed E-state index contributed by atoms with van der Waals surface area (Å²) in [6.07, 6.45) is 5.25. The highest BCUT2D eigenvalue weighted by atomic mass is 16.5. The Morgan fingerprint density at radius 2 is 1.68 bits per heavy atom. The molecule has 5 aromatic rings. The van der Waals surface area contributed by atoms with Gasteiger partial charge in [0.1, 0.15) is 18.1 Å². The molecule has 166 valence electrons. The van der Waals surface area contributed by atoms with Crippen LogP contribution in [0.15, 0.2) is 116 Å². The Kier molecular flexibility index (Phi) is 6.12. The number of hydrogen-bond donors (Lipinski definition) is 1. The summed E-state index contributed by atoms with van der Waals surface area (Å²) >= 11 is 0. The number of hydrogen-bond acceptors (Lipinski definition) is 4. The number of anilines is 1. The molecule has 34 heavy (non-hydrogen) atoms. The average Bonchev–Trinajstić information content (AvgIpc) is 3.35. The lowest BCUT2D eigenvalue weighted by Crippen LogP contribution is -2.12. The Morgan fingerprint density at radius 3 is 2.44 bits per heavy atom. The number of benzene rings is 3. The van der Waals surface area contributed by atoms with E-state index in [0.29, 0.717) is 29.3 Å². The number of nitrogens with zero attached hydrogens (tertiary/aromatic N) is 3. The van der Waals surface area contributed by atoms with E-state index in [1.165, 1.54) is 0 Å². The van der Waals surface area contributed by atoms with Crippen LogP contribution in [0, 0.1) is 0 Å². The van der Waals surface area contributed by atoms with Crippen LogP contribution in [0.2, 0.25) is 0 Å². The fourth-order valence-corrected chi connectivity index (χ4v) is 3.57. The fraction of sp³-hybridized carbons (Fsp3) is 0.0357. The lowest BCUT2D eigenvalue weighted by molar-refractivity contribution is 0.102. The molecule has 0 atom stereocenters. The Balaban J connectivity index is 1.39. The number of nitrogens with one attached hydrogen (secondary N) is 1. The zero-order chi connectivity index (χ0) is 23.2. The van der Waals surface area contributed by atoms with E-state index in [0.717, 1.165) is 16.8 Å². The molecule has 0 aliphatic carbocycles. The third kappa shape index (κ3) is 4.86. The lowest BCUT2D eigenvalue weighted by Gasteiger charge is -2.09. The molecule has 0 unspecified atom stereocenters. The van der Waals surface area contributed by atoms with Crippen LogP contribution in [0.25, 0.3) is 16.9 Å². The number of rotatable bonds is 7. The average molecular weight is 447 g/mol. The molecule has 6 nitrogen and oxygen atoms in total. The number of carbonyl (C=O) groups is 1. The van der Waals surface area contributed by atoms with Gasteiger partial charge in [-0.15, -0.1) is 0 Å². The zero-order valence-corrected chi connectivity index (χ0v) is 18.3. The van der Waals surface area contributed by atoms with Crippen molar-refractivity contribution in [3.8, 4) is 22.7 Å². The second kappa shape index (κ2) is 9.83. The summed E-state index contributed by atoms with van der Waals surface area (Å²) in [5.41, 5.74) is 4.46. The molecule has 0 saturated heterocycles. The first-order valence-corrected chi connectivity index (χ1v) is 10.9. The van der Waals surface area contributed by atoms with E-state index < -0.39 is 0 Å². The van der Waals surface area contributed by atoms with Crippen LogP contribution >= 0.6 is 0 Å². The summed E-state index contributed by atoms with van der Waals surface area (Å²) in [5.74, 6) is 0.412. The summed E-state index contributed by atoms with van der Waals surface area (Å²) < 4.78 is 7.59. The zero-order valence-electron chi connectivity index (χ0n) is 18.3. The molecule has 0 fully saturated rings. The Morgan fingerprint density at radius 1 is 0.882 bits per heavy atom. The third-order valence-corrected chi connectivity index (χ3v) is 5.25. The molecule has 1 amide bonds. The molecule has 5 rings (SSSR count). The minimum Gasteiger partial charge on any atom is -0.489 e. The molecule has 0 saturated carbocycles. The molecule has 0 radical (unpaired) electrons. The smallest absolute Gasteiger partial charge is 0.259 e. The topological polar surface area (TPSA) is 69.0 Å². The number of pyridine rings is 1. The van der Waals surface area contributed by atoms with E-state index in [2.05, 4.69) is 10.3 Å². The van der Waals surface area contributed by atoms with E-state index in [1.54, 1.807) is 29.3 Å². The molecule has 3 aromatic carbocycles. The summed E-state index contributed by atoms with van der Waals surface area (Å²) in [7, 11) is 0. The maximum Gasteiger partial charge on any atom is 0.259 e. The highest BCUT2D eigenvalue weighted by molar-refractivity contribution is 6.08. The van der Waals surface area contributed by atoms with Gasteiger partial charge in [0.25, 0.3) is 5.91 Å². The van der Waals surface area contributed by atoms with Crippen LogP contribution in [0.5, 0.6) is 5.75 Å². The standard InChI is InChI=1S/C28H22N4O2/c33-28(30-23-12-7-15-25(17-23)34-20-21-9-8-16-29-18-21)26-19-32(24-13-5-2-6-14-24)31-27(26)22-10-3-1-4-11-22/h1-19H,20H2,(H,30,33). The molecule has 1 N–H and O–H groups in total. The highest BCUT2D eigenvalue weighted by Crippen LogP contribution is 2.25. The van der Waals surface area contributed by atoms with Gasteiger partial charge in [0.15, 0.2) is 0 Å². The largest absolute Gasteiger partial charge is 0.489 e. The van der Waals surface area contributed by atoms with Crippen molar-refractivity contribution in [2.75, 3.05) is 5.32 Å². The van der Waals surface area contributed by atoms with Crippen molar-refractivity contribution in [3.63, 3.8) is 0 Å². The van der Waals surface area contributed by atoms with E-state index in [4.69, 9.17) is 9.84 Å². The van der Waals surface area contributed by atoms with Gasteiger partial charge in [-0.1, -0.05) is 60.7 Å². The van der Waals surface area contributed by atoms with Crippen molar-refractivity contribution in [3.05, 3.63) is 127 Å². The molecule has 0 spiro atoms. The van der Waals surface area contributed by atoms with Gasteiger partial charge in [-0.3, -0.25) is 9.78 Å². The van der Waals surface area contributed by atoms with Crippen molar-refractivity contribution in [1.29, 1.82) is 0 Å². The van der Waals surface area contributed by atoms with Crippen molar-refractivity contribution in [1.82, 2.24) is 14.8 Å². The highest BCUT2D eigenvalue weighted by Gasteiger charge is 2.19.